The van der Waals surface area contributed by atoms with Gasteiger partial charge >= 0.3 is 0 Å². The molecule has 2 aromatic rings. The molecule has 126 valence electrons. The summed E-state index contributed by atoms with van der Waals surface area (Å²) in [6, 6.07) is 11.7. The Hall–Kier alpha value is -2.60. The van der Waals surface area contributed by atoms with Gasteiger partial charge in [-0.05, 0) is 30.7 Å². The van der Waals surface area contributed by atoms with Crippen LogP contribution in [-0.4, -0.2) is 29.3 Å². The van der Waals surface area contributed by atoms with Crippen LogP contribution in [0, 0.1) is 10.1 Å². The Balaban J connectivity index is 2.25. The molecule has 0 bridgehead atoms. The number of halogens is 1. The number of anilines is 1. The Bertz CT molecular complexity index is 764. The van der Waals surface area contributed by atoms with E-state index in [0.29, 0.717) is 23.8 Å². The molecule has 0 aromatic heterocycles. The van der Waals surface area contributed by atoms with Crippen molar-refractivity contribution in [2.24, 2.45) is 0 Å². The van der Waals surface area contributed by atoms with E-state index in [4.69, 9.17) is 11.6 Å². The van der Waals surface area contributed by atoms with Gasteiger partial charge in [0.1, 0.15) is 5.69 Å². The van der Waals surface area contributed by atoms with Crippen LogP contribution >= 0.6 is 11.6 Å². The summed E-state index contributed by atoms with van der Waals surface area (Å²) in [5, 5.41) is 14.9. The highest BCUT2D eigenvalue weighted by molar-refractivity contribution is 6.31. The molecule has 0 heterocycles. The number of nitrogens with one attached hydrogen (secondary N) is 1. The first-order valence-electron chi connectivity index (χ1n) is 7.45. The van der Waals surface area contributed by atoms with Crippen molar-refractivity contribution in [2.45, 2.75) is 13.5 Å². The van der Waals surface area contributed by atoms with Gasteiger partial charge in [0.05, 0.1) is 4.92 Å². The quantitative estimate of drug-likeness (QED) is 0.634. The first-order valence-corrected chi connectivity index (χ1v) is 7.83. The molecule has 0 aliphatic carbocycles. The molecular formula is C17H18ClN3O3. The van der Waals surface area contributed by atoms with E-state index >= 15 is 0 Å². The lowest BCUT2D eigenvalue weighted by Gasteiger charge is -2.15. The molecule has 0 saturated carbocycles. The van der Waals surface area contributed by atoms with E-state index in [0.717, 1.165) is 5.56 Å². The van der Waals surface area contributed by atoms with Gasteiger partial charge in [0.2, 0.25) is 0 Å². The number of nitro groups is 1. The van der Waals surface area contributed by atoms with Crippen molar-refractivity contribution in [1.82, 2.24) is 4.90 Å². The molecule has 7 heteroatoms. The lowest BCUT2D eigenvalue weighted by molar-refractivity contribution is -0.384. The molecule has 0 aliphatic rings. The monoisotopic (exact) mass is 347 g/mol. The van der Waals surface area contributed by atoms with Crippen molar-refractivity contribution in [3.63, 3.8) is 0 Å². The van der Waals surface area contributed by atoms with E-state index in [1.165, 1.54) is 11.0 Å². The molecule has 6 nitrogen and oxygen atoms in total. The van der Waals surface area contributed by atoms with Crippen molar-refractivity contribution in [2.75, 3.05) is 18.9 Å². The first-order chi connectivity index (χ1) is 11.4. The van der Waals surface area contributed by atoms with Gasteiger partial charge in [-0.1, -0.05) is 29.8 Å². The topological polar surface area (TPSA) is 75.5 Å². The van der Waals surface area contributed by atoms with Gasteiger partial charge in [0.25, 0.3) is 11.6 Å². The number of nitro benzene ring substituents is 1. The number of rotatable bonds is 6. The molecular weight excluding hydrogens is 330 g/mol. The molecule has 1 N–H and O–H groups in total. The van der Waals surface area contributed by atoms with Crippen LogP contribution in [0.3, 0.4) is 0 Å². The second-order valence-electron chi connectivity index (χ2n) is 5.25. The molecule has 0 saturated heterocycles. The van der Waals surface area contributed by atoms with Crippen LogP contribution in [0.25, 0.3) is 0 Å². The van der Waals surface area contributed by atoms with Crippen LogP contribution in [0.2, 0.25) is 5.02 Å². The zero-order valence-corrected chi connectivity index (χ0v) is 14.2. The molecule has 0 spiro atoms. The molecule has 2 rings (SSSR count). The summed E-state index contributed by atoms with van der Waals surface area (Å²) < 4.78 is 0. The summed E-state index contributed by atoms with van der Waals surface area (Å²) in [6.45, 7) is 2.72. The van der Waals surface area contributed by atoms with E-state index in [2.05, 4.69) is 5.32 Å². The number of carbonyl (C=O) groups excluding carboxylic acids is 1. The summed E-state index contributed by atoms with van der Waals surface area (Å²) in [5.74, 6) is -0.252. The summed E-state index contributed by atoms with van der Waals surface area (Å²) in [7, 11) is 1.65. The minimum Gasteiger partial charge on any atom is -0.375 e. The van der Waals surface area contributed by atoms with Crippen molar-refractivity contribution < 1.29 is 9.72 Å². The van der Waals surface area contributed by atoms with Crippen LogP contribution in [-0.2, 0) is 6.54 Å². The number of nitrogens with zero attached hydrogens (tertiary/aromatic N) is 2. The van der Waals surface area contributed by atoms with Crippen molar-refractivity contribution in [3.05, 3.63) is 68.7 Å². The second-order valence-corrected chi connectivity index (χ2v) is 5.66. The third-order valence-corrected chi connectivity index (χ3v) is 4.06. The van der Waals surface area contributed by atoms with Crippen LogP contribution < -0.4 is 5.32 Å². The van der Waals surface area contributed by atoms with Gasteiger partial charge in [0, 0.05) is 36.8 Å². The molecule has 0 atom stereocenters. The first kappa shape index (κ1) is 17.7. The van der Waals surface area contributed by atoms with E-state index < -0.39 is 4.92 Å². The van der Waals surface area contributed by atoms with Gasteiger partial charge in [0.15, 0.2) is 0 Å². The summed E-state index contributed by atoms with van der Waals surface area (Å²) in [4.78, 5) is 24.5. The van der Waals surface area contributed by atoms with Crippen LogP contribution in [0.5, 0.6) is 0 Å². The van der Waals surface area contributed by atoms with Gasteiger partial charge in [-0.15, -0.1) is 0 Å². The van der Waals surface area contributed by atoms with Crippen molar-refractivity contribution in [1.29, 1.82) is 0 Å². The Morgan fingerprint density at radius 3 is 2.62 bits per heavy atom. The highest BCUT2D eigenvalue weighted by Crippen LogP contribution is 2.27. The Morgan fingerprint density at radius 2 is 2.00 bits per heavy atom. The normalized spacial score (nSPS) is 10.3. The fraction of sp³-hybridized carbons (Fsp3) is 0.235. The lowest BCUT2D eigenvalue weighted by Crippen LogP contribution is -2.26. The number of carbonyl (C=O) groups is 1. The maximum Gasteiger partial charge on any atom is 0.293 e. The third kappa shape index (κ3) is 4.02. The van der Waals surface area contributed by atoms with E-state index in [1.54, 1.807) is 25.2 Å². The Kier molecular flexibility index (Phi) is 5.76. The average Bonchev–Trinajstić information content (AvgIpc) is 2.59. The van der Waals surface area contributed by atoms with E-state index in [-0.39, 0.29) is 17.2 Å². The summed E-state index contributed by atoms with van der Waals surface area (Å²) >= 11 is 6.09. The zero-order valence-electron chi connectivity index (χ0n) is 13.5. The number of hydrogen-bond acceptors (Lipinski definition) is 4. The Labute approximate surface area is 145 Å². The molecule has 0 aliphatic heterocycles. The van der Waals surface area contributed by atoms with Gasteiger partial charge < -0.3 is 10.2 Å². The predicted molar refractivity (Wildman–Crippen MR) is 94.5 cm³/mol. The van der Waals surface area contributed by atoms with Gasteiger partial charge in [-0.2, -0.15) is 0 Å². The van der Waals surface area contributed by atoms with Gasteiger partial charge in [-0.3, -0.25) is 14.9 Å². The maximum atomic E-state index is 12.2. The fourth-order valence-corrected chi connectivity index (χ4v) is 2.36. The molecule has 0 fully saturated rings. The molecule has 0 unspecified atom stereocenters. The maximum absolute atomic E-state index is 12.2. The standard InChI is InChI=1S/C17H18ClN3O3/c1-3-20(2)17(22)12-8-9-15(16(10-12)21(23)24)19-11-13-6-4-5-7-14(13)18/h4-10,19H,3,11H2,1-2H3. The van der Waals surface area contributed by atoms with Crippen molar-refractivity contribution in [3.8, 4) is 0 Å². The highest BCUT2D eigenvalue weighted by Gasteiger charge is 2.19. The zero-order chi connectivity index (χ0) is 17.7. The molecule has 0 radical (unpaired) electrons. The summed E-state index contributed by atoms with van der Waals surface area (Å²) in [5.41, 5.74) is 1.32. The minimum atomic E-state index is -0.502. The number of amides is 1. The number of benzene rings is 2. The fourth-order valence-electron chi connectivity index (χ4n) is 2.16. The average molecular weight is 348 g/mol. The summed E-state index contributed by atoms with van der Waals surface area (Å²) in [6.07, 6.45) is 0. The second kappa shape index (κ2) is 7.79. The smallest absolute Gasteiger partial charge is 0.293 e. The van der Waals surface area contributed by atoms with E-state index in [9.17, 15) is 14.9 Å². The third-order valence-electron chi connectivity index (χ3n) is 3.69. The number of hydrogen-bond donors (Lipinski definition) is 1. The SMILES string of the molecule is CCN(C)C(=O)c1ccc(NCc2ccccc2Cl)c([N+](=O)[O-])c1. The molecule has 24 heavy (non-hydrogen) atoms. The Morgan fingerprint density at radius 1 is 1.29 bits per heavy atom. The van der Waals surface area contributed by atoms with Gasteiger partial charge in [-0.25, -0.2) is 0 Å². The van der Waals surface area contributed by atoms with Crippen molar-refractivity contribution >= 4 is 28.9 Å². The predicted octanol–water partition coefficient (Wildman–Crippen LogP) is 3.95. The van der Waals surface area contributed by atoms with Crippen LogP contribution in [0.1, 0.15) is 22.8 Å². The molecule has 1 amide bonds. The van der Waals surface area contributed by atoms with Crippen LogP contribution in [0.15, 0.2) is 42.5 Å². The lowest BCUT2D eigenvalue weighted by atomic mass is 10.1. The highest BCUT2D eigenvalue weighted by atomic mass is 35.5. The van der Waals surface area contributed by atoms with E-state index in [1.807, 2.05) is 25.1 Å². The van der Waals surface area contributed by atoms with Crippen LogP contribution in [0.4, 0.5) is 11.4 Å². The molecule has 2 aromatic carbocycles. The largest absolute Gasteiger partial charge is 0.375 e. The minimum absolute atomic E-state index is 0.141.